The van der Waals surface area contributed by atoms with Crippen molar-refractivity contribution in [3.05, 3.63) is 59.9 Å². The van der Waals surface area contributed by atoms with Crippen molar-refractivity contribution in [2.24, 2.45) is 0 Å². The number of nitrogens with zero attached hydrogens (tertiary/aromatic N) is 1. The summed E-state index contributed by atoms with van der Waals surface area (Å²) in [6, 6.07) is 12.0. The highest BCUT2D eigenvalue weighted by Crippen LogP contribution is 2.19. The van der Waals surface area contributed by atoms with Gasteiger partial charge in [0.15, 0.2) is 0 Å². The van der Waals surface area contributed by atoms with E-state index in [1.807, 2.05) is 6.92 Å². The van der Waals surface area contributed by atoms with E-state index in [1.165, 1.54) is 29.2 Å². The second-order valence-electron chi connectivity index (χ2n) is 5.14. The van der Waals surface area contributed by atoms with Gasteiger partial charge in [-0.2, -0.15) is 8.78 Å². The second-order valence-corrected chi connectivity index (χ2v) is 5.14. The Morgan fingerprint density at radius 1 is 1.17 bits per heavy atom. The van der Waals surface area contributed by atoms with E-state index in [-0.39, 0.29) is 18.1 Å². The fourth-order valence-corrected chi connectivity index (χ4v) is 2.37. The highest BCUT2D eigenvalue weighted by molar-refractivity contribution is 5.93. The Hall–Kier alpha value is -2.50. The molecule has 0 aliphatic rings. The summed E-state index contributed by atoms with van der Waals surface area (Å²) in [6.45, 7) is -0.607. The molecular weight excluding hydrogens is 319 g/mol. The molecule has 0 unspecified atom stereocenters. The van der Waals surface area contributed by atoms with Gasteiger partial charge in [-0.15, -0.1) is 0 Å². The van der Waals surface area contributed by atoms with Crippen molar-refractivity contribution in [2.45, 2.75) is 26.4 Å². The van der Waals surface area contributed by atoms with Gasteiger partial charge in [-0.1, -0.05) is 18.2 Å². The van der Waals surface area contributed by atoms with Gasteiger partial charge >= 0.3 is 6.61 Å². The third-order valence-corrected chi connectivity index (χ3v) is 3.51. The fraction of sp³-hybridized carbons (Fsp3) is 0.278. The molecule has 0 aliphatic heterocycles. The normalized spacial score (nSPS) is 10.7. The van der Waals surface area contributed by atoms with Gasteiger partial charge in [0.05, 0.1) is 0 Å². The minimum absolute atomic E-state index is 0.0787. The maximum Gasteiger partial charge on any atom is 0.387 e. The molecule has 0 fully saturated rings. The van der Waals surface area contributed by atoms with E-state index in [1.54, 1.807) is 24.3 Å². The second kappa shape index (κ2) is 8.38. The lowest BCUT2D eigenvalue weighted by atomic mass is 10.1. The average molecular weight is 337 g/mol. The average Bonchev–Trinajstić information content (AvgIpc) is 2.54. The smallest absolute Gasteiger partial charge is 0.387 e. The molecule has 128 valence electrons. The molecule has 0 N–H and O–H groups in total. The molecule has 1 amide bonds. The highest BCUT2D eigenvalue weighted by atomic mass is 19.3. The van der Waals surface area contributed by atoms with Crippen LogP contribution < -0.4 is 9.64 Å². The van der Waals surface area contributed by atoms with E-state index in [4.69, 9.17) is 0 Å². The zero-order chi connectivity index (χ0) is 17.5. The van der Waals surface area contributed by atoms with Gasteiger partial charge in [-0.25, -0.2) is 4.39 Å². The molecule has 24 heavy (non-hydrogen) atoms. The van der Waals surface area contributed by atoms with Crippen molar-refractivity contribution < 1.29 is 22.7 Å². The van der Waals surface area contributed by atoms with Crippen LogP contribution in [0.25, 0.3) is 0 Å². The molecule has 0 saturated heterocycles. The molecule has 0 atom stereocenters. The van der Waals surface area contributed by atoms with Gasteiger partial charge < -0.3 is 9.64 Å². The number of anilines is 1. The number of alkyl halides is 2. The van der Waals surface area contributed by atoms with Gasteiger partial charge in [-0.3, -0.25) is 4.79 Å². The predicted octanol–water partition coefficient (Wildman–Crippen LogP) is 4.41. The molecular formula is C18H18F3NO2. The van der Waals surface area contributed by atoms with Crippen LogP contribution >= 0.6 is 0 Å². The van der Waals surface area contributed by atoms with Crippen LogP contribution in [0.2, 0.25) is 0 Å². The van der Waals surface area contributed by atoms with Crippen molar-refractivity contribution >= 4 is 11.6 Å². The Kier molecular flexibility index (Phi) is 6.23. The minimum atomic E-state index is -2.86. The number of ether oxygens (including phenoxy) is 1. The van der Waals surface area contributed by atoms with Gasteiger partial charge in [-0.05, 0) is 49.2 Å². The van der Waals surface area contributed by atoms with Crippen molar-refractivity contribution in [3.63, 3.8) is 0 Å². The van der Waals surface area contributed by atoms with Crippen molar-refractivity contribution in [3.8, 4) is 5.75 Å². The summed E-state index contributed by atoms with van der Waals surface area (Å²) in [5.41, 5.74) is 1.35. The molecule has 3 nitrogen and oxygen atoms in total. The number of hydrogen-bond acceptors (Lipinski definition) is 2. The Labute approximate surface area is 138 Å². The Morgan fingerprint density at radius 2 is 1.88 bits per heavy atom. The Bertz CT molecular complexity index is 674. The van der Waals surface area contributed by atoms with Crippen LogP contribution in [0, 0.1) is 5.82 Å². The third kappa shape index (κ3) is 5.01. The van der Waals surface area contributed by atoms with Crippen LogP contribution in [-0.4, -0.2) is 19.1 Å². The van der Waals surface area contributed by atoms with E-state index in [0.29, 0.717) is 18.7 Å². The monoisotopic (exact) mass is 337 g/mol. The summed E-state index contributed by atoms with van der Waals surface area (Å²) in [5.74, 6) is -0.445. The highest BCUT2D eigenvalue weighted by Gasteiger charge is 2.14. The Balaban J connectivity index is 1.96. The number of rotatable bonds is 7. The van der Waals surface area contributed by atoms with Gasteiger partial charge in [0, 0.05) is 18.7 Å². The number of hydrogen-bond donors (Lipinski definition) is 0. The molecule has 0 heterocycles. The van der Waals surface area contributed by atoms with Crippen molar-refractivity contribution in [1.82, 2.24) is 0 Å². The quantitative estimate of drug-likeness (QED) is 0.749. The van der Waals surface area contributed by atoms with E-state index in [0.717, 1.165) is 5.56 Å². The summed E-state index contributed by atoms with van der Waals surface area (Å²) in [5, 5.41) is 0. The lowest BCUT2D eigenvalue weighted by molar-refractivity contribution is -0.118. The van der Waals surface area contributed by atoms with Gasteiger partial charge in [0.25, 0.3) is 0 Å². The maximum absolute atomic E-state index is 13.3. The number of carbonyl (C=O) groups is 1. The SMILES string of the molecule is CCN(C(=O)CCc1ccc(OC(F)F)cc1)c1cccc(F)c1. The number of aryl methyl sites for hydroxylation is 1. The molecule has 0 bridgehead atoms. The first-order valence-electron chi connectivity index (χ1n) is 7.59. The molecule has 0 aliphatic carbocycles. The van der Waals surface area contributed by atoms with Gasteiger partial charge in [0.1, 0.15) is 11.6 Å². The minimum Gasteiger partial charge on any atom is -0.435 e. The van der Waals surface area contributed by atoms with E-state index in [2.05, 4.69) is 4.74 Å². The number of carbonyl (C=O) groups excluding carboxylic acids is 1. The van der Waals surface area contributed by atoms with Crippen LogP contribution in [-0.2, 0) is 11.2 Å². The molecule has 2 aromatic carbocycles. The summed E-state index contributed by atoms with van der Waals surface area (Å²) < 4.78 is 41.8. The summed E-state index contributed by atoms with van der Waals surface area (Å²) in [6.07, 6.45) is 0.693. The molecule has 0 spiro atoms. The first-order chi connectivity index (χ1) is 11.5. The standard InChI is InChI=1S/C18H18F3NO2/c1-2-22(15-5-3-4-14(19)12-15)17(23)11-8-13-6-9-16(10-7-13)24-18(20)21/h3-7,9-10,12,18H,2,8,11H2,1H3. The van der Waals surface area contributed by atoms with Crippen LogP contribution in [0.4, 0.5) is 18.9 Å². The van der Waals surface area contributed by atoms with Crippen LogP contribution in [0.1, 0.15) is 18.9 Å². The molecule has 6 heteroatoms. The fourth-order valence-electron chi connectivity index (χ4n) is 2.37. The molecule has 0 aromatic heterocycles. The lowest BCUT2D eigenvalue weighted by Crippen LogP contribution is -2.30. The maximum atomic E-state index is 13.3. The van der Waals surface area contributed by atoms with Crippen molar-refractivity contribution in [1.29, 1.82) is 0 Å². The summed E-state index contributed by atoms with van der Waals surface area (Å²) in [7, 11) is 0. The summed E-state index contributed by atoms with van der Waals surface area (Å²) >= 11 is 0. The summed E-state index contributed by atoms with van der Waals surface area (Å²) in [4.78, 5) is 13.9. The molecule has 2 rings (SSSR count). The van der Waals surface area contributed by atoms with Crippen LogP contribution in [0.15, 0.2) is 48.5 Å². The molecule has 0 radical (unpaired) electrons. The van der Waals surface area contributed by atoms with Crippen molar-refractivity contribution in [2.75, 3.05) is 11.4 Å². The van der Waals surface area contributed by atoms with Crippen LogP contribution in [0.3, 0.4) is 0 Å². The number of amides is 1. The number of benzene rings is 2. The lowest BCUT2D eigenvalue weighted by Gasteiger charge is -2.21. The van der Waals surface area contributed by atoms with E-state index < -0.39 is 12.4 Å². The zero-order valence-corrected chi connectivity index (χ0v) is 13.2. The predicted molar refractivity (Wildman–Crippen MR) is 85.8 cm³/mol. The van der Waals surface area contributed by atoms with Gasteiger partial charge in [0.2, 0.25) is 5.91 Å². The third-order valence-electron chi connectivity index (χ3n) is 3.51. The van der Waals surface area contributed by atoms with Crippen LogP contribution in [0.5, 0.6) is 5.75 Å². The topological polar surface area (TPSA) is 29.5 Å². The first-order valence-corrected chi connectivity index (χ1v) is 7.59. The largest absolute Gasteiger partial charge is 0.435 e. The molecule has 2 aromatic rings. The first kappa shape index (κ1) is 17.8. The Morgan fingerprint density at radius 3 is 2.46 bits per heavy atom. The zero-order valence-electron chi connectivity index (χ0n) is 13.2. The van der Waals surface area contributed by atoms with E-state index >= 15 is 0 Å². The number of halogens is 3. The van der Waals surface area contributed by atoms with E-state index in [9.17, 15) is 18.0 Å². The molecule has 0 saturated carbocycles.